The Balaban J connectivity index is 3.77. The molecule has 0 spiro atoms. The van der Waals surface area contributed by atoms with E-state index in [-0.39, 0.29) is 0 Å². The maximum atomic E-state index is 10.6. The van der Waals surface area contributed by atoms with Gasteiger partial charge in [-0.1, -0.05) is 0 Å². The van der Waals surface area contributed by atoms with Crippen LogP contribution in [0.1, 0.15) is 6.42 Å². The highest BCUT2D eigenvalue weighted by molar-refractivity contribution is 6.37. The lowest BCUT2D eigenvalue weighted by molar-refractivity contribution is -0.139. The minimum atomic E-state index is -1.21. The summed E-state index contributed by atoms with van der Waals surface area (Å²) in [5.74, 6) is -1.81. The van der Waals surface area contributed by atoms with E-state index in [0.29, 0.717) is 0 Å². The smallest absolute Gasteiger partial charge is 0.223 e. The van der Waals surface area contributed by atoms with Gasteiger partial charge < -0.3 is 15.3 Å². The SMILES string of the molecule is O=C(CO)C(=O)C[C@H](O)CO. The molecule has 0 aromatic heterocycles. The van der Waals surface area contributed by atoms with E-state index in [1.165, 1.54) is 0 Å². The van der Waals surface area contributed by atoms with Crippen molar-refractivity contribution in [2.75, 3.05) is 13.2 Å². The van der Waals surface area contributed by atoms with Gasteiger partial charge >= 0.3 is 0 Å². The van der Waals surface area contributed by atoms with Gasteiger partial charge in [-0.2, -0.15) is 0 Å². The lowest BCUT2D eigenvalue weighted by Crippen LogP contribution is -2.25. The second-order valence-electron chi connectivity index (χ2n) is 2.04. The number of hydrogen-bond acceptors (Lipinski definition) is 5. The van der Waals surface area contributed by atoms with Crippen LogP contribution in [-0.2, 0) is 9.59 Å². The van der Waals surface area contributed by atoms with Gasteiger partial charge in [0.05, 0.1) is 12.7 Å². The van der Waals surface area contributed by atoms with E-state index in [1.807, 2.05) is 0 Å². The quantitative estimate of drug-likeness (QED) is 0.401. The number of carbonyl (C=O) groups excluding carboxylic acids is 2. The first-order valence-corrected chi connectivity index (χ1v) is 3.07. The van der Waals surface area contributed by atoms with E-state index in [2.05, 4.69) is 0 Å². The zero-order valence-electron chi connectivity index (χ0n) is 5.86. The van der Waals surface area contributed by atoms with Crippen LogP contribution >= 0.6 is 0 Å². The first kappa shape index (κ1) is 10.2. The summed E-state index contributed by atoms with van der Waals surface area (Å²) in [4.78, 5) is 20.9. The number of aliphatic hydroxyl groups is 3. The van der Waals surface area contributed by atoms with Crippen molar-refractivity contribution in [2.45, 2.75) is 12.5 Å². The molecule has 3 N–H and O–H groups in total. The molecule has 0 fully saturated rings. The topological polar surface area (TPSA) is 94.8 Å². The van der Waals surface area contributed by atoms with Crippen molar-refractivity contribution in [1.82, 2.24) is 0 Å². The van der Waals surface area contributed by atoms with Crippen molar-refractivity contribution in [3.63, 3.8) is 0 Å². The fraction of sp³-hybridized carbons (Fsp3) is 0.667. The second-order valence-corrected chi connectivity index (χ2v) is 2.04. The van der Waals surface area contributed by atoms with Gasteiger partial charge in [-0.3, -0.25) is 9.59 Å². The van der Waals surface area contributed by atoms with Crippen molar-refractivity contribution < 1.29 is 24.9 Å². The van der Waals surface area contributed by atoms with Gasteiger partial charge in [-0.15, -0.1) is 0 Å². The zero-order valence-corrected chi connectivity index (χ0v) is 5.86. The van der Waals surface area contributed by atoms with Crippen molar-refractivity contribution in [2.24, 2.45) is 0 Å². The van der Waals surface area contributed by atoms with Crippen molar-refractivity contribution in [3.05, 3.63) is 0 Å². The van der Waals surface area contributed by atoms with E-state index in [4.69, 9.17) is 15.3 Å². The van der Waals surface area contributed by atoms with E-state index < -0.39 is 37.3 Å². The molecule has 0 aromatic carbocycles. The van der Waals surface area contributed by atoms with Crippen molar-refractivity contribution in [1.29, 1.82) is 0 Å². The normalized spacial score (nSPS) is 12.6. The fourth-order valence-electron chi connectivity index (χ4n) is 0.481. The van der Waals surface area contributed by atoms with Crippen LogP contribution in [-0.4, -0.2) is 46.2 Å². The summed E-state index contributed by atoms with van der Waals surface area (Å²) >= 11 is 0. The van der Waals surface area contributed by atoms with Crippen LogP contribution in [0.5, 0.6) is 0 Å². The van der Waals surface area contributed by atoms with E-state index >= 15 is 0 Å². The number of aliphatic hydroxyl groups excluding tert-OH is 3. The van der Waals surface area contributed by atoms with Gasteiger partial charge in [-0.25, -0.2) is 0 Å². The standard InChI is InChI=1S/C6H10O5/c7-2-4(9)1-5(10)6(11)3-8/h4,7-9H,1-3H2/t4-/m0/s1. The van der Waals surface area contributed by atoms with Crippen LogP contribution < -0.4 is 0 Å². The van der Waals surface area contributed by atoms with Gasteiger partial charge in [-0.05, 0) is 0 Å². The lowest BCUT2D eigenvalue weighted by atomic mass is 10.1. The van der Waals surface area contributed by atoms with Gasteiger partial charge in [0.15, 0.2) is 0 Å². The third-order valence-corrected chi connectivity index (χ3v) is 1.09. The molecule has 0 aliphatic rings. The van der Waals surface area contributed by atoms with Crippen LogP contribution in [0.25, 0.3) is 0 Å². The largest absolute Gasteiger partial charge is 0.394 e. The van der Waals surface area contributed by atoms with Crippen molar-refractivity contribution >= 4 is 11.6 Å². The van der Waals surface area contributed by atoms with Crippen LogP contribution in [0.15, 0.2) is 0 Å². The number of Topliss-reactive ketones (excluding diaryl/α,β-unsaturated/α-hetero) is 2. The summed E-state index contributed by atoms with van der Waals surface area (Å²) in [6, 6.07) is 0. The van der Waals surface area contributed by atoms with Gasteiger partial charge in [0.1, 0.15) is 6.61 Å². The van der Waals surface area contributed by atoms with Gasteiger partial charge in [0.25, 0.3) is 0 Å². The number of rotatable bonds is 5. The highest BCUT2D eigenvalue weighted by Crippen LogP contribution is 1.92. The van der Waals surface area contributed by atoms with Crippen molar-refractivity contribution in [3.8, 4) is 0 Å². The highest BCUT2D eigenvalue weighted by Gasteiger charge is 2.16. The molecule has 64 valence electrons. The molecule has 0 amide bonds. The molecule has 0 saturated heterocycles. The second kappa shape index (κ2) is 4.95. The monoisotopic (exact) mass is 162 g/mol. The fourth-order valence-corrected chi connectivity index (χ4v) is 0.481. The predicted molar refractivity (Wildman–Crippen MR) is 34.8 cm³/mol. The van der Waals surface area contributed by atoms with Crippen LogP contribution in [0.3, 0.4) is 0 Å². The Morgan fingerprint density at radius 3 is 2.09 bits per heavy atom. The molecule has 0 rings (SSSR count). The summed E-state index contributed by atoms with van der Waals surface area (Å²) in [6.45, 7) is -1.42. The molecule has 5 nitrogen and oxygen atoms in total. The minimum absolute atomic E-state index is 0.435. The van der Waals surface area contributed by atoms with Gasteiger partial charge in [0, 0.05) is 6.42 Å². The van der Waals surface area contributed by atoms with E-state index in [9.17, 15) is 9.59 Å². The Hall–Kier alpha value is -0.780. The van der Waals surface area contributed by atoms with Crippen LogP contribution in [0.4, 0.5) is 0 Å². The number of ketones is 2. The summed E-state index contributed by atoms with van der Waals surface area (Å²) in [5, 5.41) is 25.1. The number of carbonyl (C=O) groups is 2. The van der Waals surface area contributed by atoms with E-state index in [0.717, 1.165) is 0 Å². The molecule has 1 atom stereocenters. The Morgan fingerprint density at radius 1 is 1.18 bits per heavy atom. The molecule has 0 radical (unpaired) electrons. The maximum Gasteiger partial charge on any atom is 0.223 e. The summed E-state index contributed by atoms with van der Waals surface area (Å²) < 4.78 is 0. The van der Waals surface area contributed by atoms with Crippen LogP contribution in [0.2, 0.25) is 0 Å². The lowest BCUT2D eigenvalue weighted by Gasteiger charge is -2.02. The maximum absolute atomic E-state index is 10.6. The average Bonchev–Trinajstić information content (AvgIpc) is 2.02. The molecular weight excluding hydrogens is 152 g/mol. The summed E-state index contributed by atoms with van der Waals surface area (Å²) in [7, 11) is 0. The molecule has 0 aliphatic heterocycles. The highest BCUT2D eigenvalue weighted by atomic mass is 16.3. The molecule has 0 saturated carbocycles. The molecule has 0 bridgehead atoms. The first-order valence-electron chi connectivity index (χ1n) is 3.07. The molecule has 0 aliphatic carbocycles. The summed E-state index contributed by atoms with van der Waals surface area (Å²) in [5.41, 5.74) is 0. The molecule has 0 aromatic rings. The summed E-state index contributed by atoms with van der Waals surface area (Å²) in [6.07, 6.45) is -1.64. The Labute approximate surface area is 63.3 Å². The van der Waals surface area contributed by atoms with Crippen LogP contribution in [0, 0.1) is 0 Å². The predicted octanol–water partition coefficient (Wildman–Crippen LogP) is -2.14. The average molecular weight is 162 g/mol. The molecule has 0 unspecified atom stereocenters. The molecule has 0 heterocycles. The third-order valence-electron chi connectivity index (χ3n) is 1.09. The number of hydrogen-bond donors (Lipinski definition) is 3. The van der Waals surface area contributed by atoms with E-state index in [1.54, 1.807) is 0 Å². The zero-order chi connectivity index (χ0) is 8.85. The first-order chi connectivity index (χ1) is 5.11. The third kappa shape index (κ3) is 3.82. The minimum Gasteiger partial charge on any atom is -0.394 e. The Bertz CT molecular complexity index is 153. The Morgan fingerprint density at radius 2 is 1.73 bits per heavy atom. The Kier molecular flexibility index (Phi) is 4.60. The van der Waals surface area contributed by atoms with Gasteiger partial charge in [0.2, 0.25) is 11.6 Å². The molecular formula is C6H10O5. The molecule has 5 heteroatoms. The molecule has 11 heavy (non-hydrogen) atoms.